The Balaban J connectivity index is 1.95. The fourth-order valence-corrected chi connectivity index (χ4v) is 4.69. The second kappa shape index (κ2) is 13.1. The van der Waals surface area contributed by atoms with Gasteiger partial charge in [0.05, 0.1) is 34.7 Å². The molecule has 0 aliphatic heterocycles. The molecule has 0 radical (unpaired) electrons. The van der Waals surface area contributed by atoms with Gasteiger partial charge in [-0.3, -0.25) is 22.8 Å². The van der Waals surface area contributed by atoms with Crippen LogP contribution in [0.5, 0.6) is 5.75 Å². The first-order chi connectivity index (χ1) is 20.9. The Hall–Kier alpha value is -4.42. The highest BCUT2D eigenvalue weighted by molar-refractivity contribution is 6.11. The number of ketones is 1. The smallest absolute Gasteiger partial charge is 0.389 e. The van der Waals surface area contributed by atoms with Crippen molar-refractivity contribution in [1.29, 1.82) is 0 Å². The second-order valence-corrected chi connectivity index (χ2v) is 10.3. The van der Waals surface area contributed by atoms with Gasteiger partial charge in [0.1, 0.15) is 37.4 Å². The first-order valence-electron chi connectivity index (χ1n) is 13.3. The van der Waals surface area contributed by atoms with Crippen LogP contribution >= 0.6 is 0 Å². The molecular weight excluding hydrogens is 597 g/mol. The number of fused-ring (bicyclic) bond motifs is 1. The van der Waals surface area contributed by atoms with Crippen LogP contribution in [0.2, 0.25) is 0 Å². The van der Waals surface area contributed by atoms with Crippen molar-refractivity contribution in [3.63, 3.8) is 0 Å². The summed E-state index contributed by atoms with van der Waals surface area (Å²) in [5.74, 6) is -2.03. The van der Waals surface area contributed by atoms with Crippen molar-refractivity contribution < 1.29 is 49.5 Å². The van der Waals surface area contributed by atoms with Gasteiger partial charge in [-0.15, -0.1) is 0 Å². The van der Waals surface area contributed by atoms with E-state index in [1.807, 2.05) is 0 Å². The molecule has 0 fully saturated rings. The maximum atomic E-state index is 13.6. The van der Waals surface area contributed by atoms with Crippen molar-refractivity contribution >= 4 is 22.8 Å². The van der Waals surface area contributed by atoms with Crippen LogP contribution in [0.4, 0.5) is 30.7 Å². The van der Waals surface area contributed by atoms with Gasteiger partial charge in [0, 0.05) is 31.0 Å². The third-order valence-corrected chi connectivity index (χ3v) is 7.16. The molecule has 0 spiro atoms. The Bertz CT molecular complexity index is 1650. The van der Waals surface area contributed by atoms with Crippen LogP contribution in [-0.2, 0) is 6.42 Å². The summed E-state index contributed by atoms with van der Waals surface area (Å²) in [4.78, 5) is 30.5. The van der Waals surface area contributed by atoms with E-state index in [-0.39, 0.29) is 50.6 Å². The fourth-order valence-electron chi connectivity index (χ4n) is 4.69. The van der Waals surface area contributed by atoms with Crippen molar-refractivity contribution in [3.8, 4) is 28.2 Å². The number of hydrogen-bond acceptors (Lipinski definition) is 5. The summed E-state index contributed by atoms with van der Waals surface area (Å²) in [5, 5.41) is 2.59. The molecule has 2 aromatic heterocycles. The van der Waals surface area contributed by atoms with Crippen LogP contribution in [0.3, 0.4) is 0 Å². The molecule has 0 atom stereocenters. The predicted octanol–water partition coefficient (Wildman–Crippen LogP) is 7.63. The molecule has 2 aromatic carbocycles. The highest BCUT2D eigenvalue weighted by atomic mass is 19.4. The van der Waals surface area contributed by atoms with E-state index in [0.29, 0.717) is 5.56 Å². The van der Waals surface area contributed by atoms with Crippen molar-refractivity contribution in [2.75, 3.05) is 34.2 Å². The minimum atomic E-state index is -4.56. The molecular formula is C31H27F7N2O4. The number of methoxy groups -OCH3 is 1. The van der Waals surface area contributed by atoms with Gasteiger partial charge in [-0.05, 0) is 54.4 Å². The number of rotatable bonds is 12. The number of aryl methyl sites for hydroxylation is 1. The van der Waals surface area contributed by atoms with Gasteiger partial charge in [0.2, 0.25) is 5.71 Å². The molecule has 1 amide bonds. The van der Waals surface area contributed by atoms with Crippen molar-refractivity contribution in [2.24, 2.45) is 5.41 Å². The van der Waals surface area contributed by atoms with Gasteiger partial charge < -0.3 is 14.5 Å². The lowest BCUT2D eigenvalue weighted by Crippen LogP contribution is -2.31. The van der Waals surface area contributed by atoms with Gasteiger partial charge in [0.15, 0.2) is 5.78 Å². The molecule has 0 unspecified atom stereocenters. The summed E-state index contributed by atoms with van der Waals surface area (Å²) in [7, 11) is 2.59. The number of halogens is 7. The molecule has 44 heavy (non-hydrogen) atoms. The van der Waals surface area contributed by atoms with E-state index >= 15 is 0 Å². The topological polar surface area (TPSA) is 81.4 Å². The number of benzene rings is 2. The Morgan fingerprint density at radius 1 is 0.955 bits per heavy atom. The Labute approximate surface area is 247 Å². The van der Waals surface area contributed by atoms with Gasteiger partial charge in [-0.2, -0.15) is 13.2 Å². The first-order valence-corrected chi connectivity index (χ1v) is 13.3. The molecule has 0 saturated heterocycles. The van der Waals surface area contributed by atoms with Crippen molar-refractivity contribution in [3.05, 3.63) is 71.2 Å². The summed E-state index contributed by atoms with van der Waals surface area (Å²) >= 11 is 0. The number of nitrogens with zero attached hydrogens (tertiary/aromatic N) is 1. The van der Waals surface area contributed by atoms with Crippen molar-refractivity contribution in [1.82, 2.24) is 10.3 Å². The third kappa shape index (κ3) is 6.71. The zero-order chi connectivity index (χ0) is 32.2. The number of Topliss-reactive ketones (excluding diaryl/α,β-unsaturated/α-hetero) is 1. The zero-order valence-electron chi connectivity index (χ0n) is 23.6. The zero-order valence-corrected chi connectivity index (χ0v) is 23.6. The molecule has 0 aliphatic carbocycles. The van der Waals surface area contributed by atoms with E-state index in [1.165, 1.54) is 50.6 Å². The molecule has 234 valence electrons. The maximum absolute atomic E-state index is 13.6. The van der Waals surface area contributed by atoms with E-state index in [0.717, 1.165) is 12.1 Å². The third-order valence-electron chi connectivity index (χ3n) is 7.16. The number of nitrogens with one attached hydrogen (secondary N) is 1. The molecule has 0 saturated carbocycles. The highest BCUT2D eigenvalue weighted by Gasteiger charge is 2.35. The molecule has 13 heteroatoms. The van der Waals surface area contributed by atoms with E-state index in [2.05, 4.69) is 10.3 Å². The largest absolute Gasteiger partial charge is 0.496 e. The number of carbonyl (C=O) groups is 2. The van der Waals surface area contributed by atoms with Crippen LogP contribution in [0.1, 0.15) is 39.3 Å². The lowest BCUT2D eigenvalue weighted by atomic mass is 9.84. The molecule has 0 aliphatic rings. The summed E-state index contributed by atoms with van der Waals surface area (Å²) in [6, 6.07) is 10.4. The fraction of sp³-hybridized carbons (Fsp3) is 0.323. The van der Waals surface area contributed by atoms with E-state index in [9.17, 15) is 40.3 Å². The number of carbonyl (C=O) groups excluding carboxylic acids is 2. The number of furan rings is 1. The summed E-state index contributed by atoms with van der Waals surface area (Å²) < 4.78 is 105. The standard InChI is InChI=1S/C31H27F7N2O4/c1-39-28(42)26-22-12-20(18-5-8-25(43-2)21(11-18)24(41)13-30(14-32,15-33)16-34)23(9-10-31(36,37)38)40-29(22)44-27(26)17-3-6-19(35)7-4-17/h3-8,11-12H,9-10,13-16H2,1-2H3,(H,39,42). The highest BCUT2D eigenvalue weighted by Crippen LogP contribution is 2.39. The number of aromatic nitrogens is 1. The SMILES string of the molecule is CNC(=O)c1c(-c2ccc(F)cc2)oc2nc(CCC(F)(F)F)c(-c3ccc(OC)c(C(=O)CC(CF)(CF)CF)c3)cc12. The number of amides is 1. The summed E-state index contributed by atoms with van der Waals surface area (Å²) in [6.07, 6.45) is -7.27. The van der Waals surface area contributed by atoms with Gasteiger partial charge in [0.25, 0.3) is 5.91 Å². The predicted molar refractivity (Wildman–Crippen MR) is 148 cm³/mol. The lowest BCUT2D eigenvalue weighted by molar-refractivity contribution is -0.134. The average molecular weight is 625 g/mol. The van der Waals surface area contributed by atoms with Gasteiger partial charge in [-0.25, -0.2) is 9.37 Å². The lowest BCUT2D eigenvalue weighted by Gasteiger charge is -2.23. The molecule has 1 N–H and O–H groups in total. The summed E-state index contributed by atoms with van der Waals surface area (Å²) in [5.41, 5.74) is -2.07. The Kier molecular flexibility index (Phi) is 9.65. The minimum absolute atomic E-state index is 0.00336. The van der Waals surface area contributed by atoms with Gasteiger partial charge >= 0.3 is 6.18 Å². The monoisotopic (exact) mass is 624 g/mol. The van der Waals surface area contributed by atoms with E-state index < -0.39 is 68.4 Å². The van der Waals surface area contributed by atoms with Crippen LogP contribution in [0.15, 0.2) is 52.9 Å². The molecule has 6 nitrogen and oxygen atoms in total. The van der Waals surface area contributed by atoms with Crippen molar-refractivity contribution in [2.45, 2.75) is 25.4 Å². The number of hydrogen-bond donors (Lipinski definition) is 1. The van der Waals surface area contributed by atoms with Crippen LogP contribution in [0, 0.1) is 11.2 Å². The summed E-state index contributed by atoms with van der Waals surface area (Å²) in [6.45, 7) is -4.31. The molecule has 4 rings (SSSR count). The average Bonchev–Trinajstić information content (AvgIpc) is 3.39. The maximum Gasteiger partial charge on any atom is 0.389 e. The van der Waals surface area contributed by atoms with E-state index in [1.54, 1.807) is 0 Å². The molecule has 2 heterocycles. The number of ether oxygens (including phenoxy) is 1. The molecule has 0 bridgehead atoms. The van der Waals surface area contributed by atoms with Crippen LogP contribution in [-0.4, -0.2) is 57.0 Å². The van der Waals surface area contributed by atoms with Crippen LogP contribution in [0.25, 0.3) is 33.6 Å². The number of pyridine rings is 1. The van der Waals surface area contributed by atoms with Crippen LogP contribution < -0.4 is 10.1 Å². The normalized spacial score (nSPS) is 12.0. The second-order valence-electron chi connectivity index (χ2n) is 10.3. The Morgan fingerprint density at radius 2 is 1.59 bits per heavy atom. The van der Waals surface area contributed by atoms with Gasteiger partial charge in [-0.1, -0.05) is 6.07 Å². The first kappa shape index (κ1) is 32.5. The van der Waals surface area contributed by atoms with E-state index in [4.69, 9.17) is 9.15 Å². The quantitative estimate of drug-likeness (QED) is 0.130. The molecule has 4 aromatic rings. The minimum Gasteiger partial charge on any atom is -0.496 e. The Morgan fingerprint density at radius 3 is 2.16 bits per heavy atom. The number of alkyl halides is 6.